The molecule has 0 atom stereocenters. The summed E-state index contributed by atoms with van der Waals surface area (Å²) in [6.07, 6.45) is 11.3. The van der Waals surface area contributed by atoms with Gasteiger partial charge in [-0.05, 0) is 55.9 Å². The zero-order valence-corrected chi connectivity index (χ0v) is 30.1. The van der Waals surface area contributed by atoms with Crippen LogP contribution in [0, 0.1) is 5.92 Å². The van der Waals surface area contributed by atoms with E-state index >= 15 is 0 Å². The molecular weight excluding hydrogens is 580 g/mol. The van der Waals surface area contributed by atoms with Crippen LogP contribution in [0.2, 0.25) is 5.02 Å². The molecule has 0 amide bonds. The van der Waals surface area contributed by atoms with Gasteiger partial charge in [0.2, 0.25) is 5.88 Å². The molecule has 2 heterocycles. The number of hydrogen-bond donors (Lipinski definition) is 0. The van der Waals surface area contributed by atoms with Gasteiger partial charge >= 0.3 is 0 Å². The Morgan fingerprint density at radius 3 is 2.11 bits per heavy atom. The highest BCUT2D eigenvalue weighted by molar-refractivity contribution is 6.33. The quantitative estimate of drug-likeness (QED) is 0.155. The van der Waals surface area contributed by atoms with Crippen LogP contribution in [0.1, 0.15) is 119 Å². The predicted molar refractivity (Wildman–Crippen MR) is 192 cm³/mol. The molecular formula is C38H57ClN4O2. The SMILES string of the molecule is CC.CC(C)CCOc1ccc(-c2nc3c(OC4(C)CC4)ncnc3n2Cc2ccccc2)c(Cl)c1.CCCC.CCCCC. The standard InChI is InChI=1S/C27H29ClN4O2.C5H12.C4H10.C2H6/c1-18(2)11-14-33-20-9-10-21(22(28)15-20)24-31-23-25(32(24)16-19-7-5-4-6-8-19)29-17-30-26(23)34-27(3)12-13-27;1-3-5-4-2;1-3-4-2;1-2/h4-10,15,17-18H,11-14,16H2,1-3H3;3-5H2,1-2H3;3-4H2,1-2H3;1-2H3. The molecule has 0 aliphatic heterocycles. The van der Waals surface area contributed by atoms with Crippen LogP contribution in [0.3, 0.4) is 0 Å². The Kier molecular flexibility index (Phi) is 17.0. The van der Waals surface area contributed by atoms with Crippen molar-refractivity contribution in [1.29, 1.82) is 0 Å². The van der Waals surface area contributed by atoms with Crippen LogP contribution in [-0.4, -0.2) is 31.7 Å². The smallest absolute Gasteiger partial charge is 0.245 e. The Morgan fingerprint density at radius 1 is 0.911 bits per heavy atom. The number of aromatic nitrogens is 4. The van der Waals surface area contributed by atoms with Crippen LogP contribution in [0.15, 0.2) is 54.9 Å². The average molecular weight is 637 g/mol. The number of rotatable bonds is 12. The van der Waals surface area contributed by atoms with E-state index in [-0.39, 0.29) is 5.60 Å². The fourth-order valence-electron chi connectivity index (χ4n) is 4.16. The van der Waals surface area contributed by atoms with Gasteiger partial charge in [0.05, 0.1) is 18.2 Å². The number of benzene rings is 2. The van der Waals surface area contributed by atoms with Crippen LogP contribution in [-0.2, 0) is 6.54 Å². The maximum absolute atomic E-state index is 6.76. The summed E-state index contributed by atoms with van der Waals surface area (Å²) in [5.41, 5.74) is 3.16. The lowest BCUT2D eigenvalue weighted by molar-refractivity contribution is 0.194. The number of nitrogens with zero attached hydrogens (tertiary/aromatic N) is 4. The molecule has 0 bridgehead atoms. The van der Waals surface area contributed by atoms with Crippen molar-refractivity contribution in [3.8, 4) is 23.0 Å². The van der Waals surface area contributed by atoms with Crippen LogP contribution < -0.4 is 9.47 Å². The fraction of sp³-hybridized carbons (Fsp3) is 0.553. The van der Waals surface area contributed by atoms with E-state index in [1.807, 2.05) is 50.2 Å². The molecule has 1 aliphatic rings. The molecule has 0 saturated heterocycles. The molecule has 1 fully saturated rings. The van der Waals surface area contributed by atoms with Crippen molar-refractivity contribution in [3.63, 3.8) is 0 Å². The second-order valence-corrected chi connectivity index (χ2v) is 12.3. The summed E-state index contributed by atoms with van der Waals surface area (Å²) in [5.74, 6) is 2.58. The summed E-state index contributed by atoms with van der Waals surface area (Å²) in [5, 5.41) is 0.580. The van der Waals surface area contributed by atoms with Gasteiger partial charge < -0.3 is 14.0 Å². The maximum Gasteiger partial charge on any atom is 0.245 e. The average Bonchev–Trinajstić information content (AvgIpc) is 3.66. The monoisotopic (exact) mass is 636 g/mol. The lowest BCUT2D eigenvalue weighted by Gasteiger charge is -2.12. The molecule has 0 N–H and O–H groups in total. The van der Waals surface area contributed by atoms with E-state index in [1.54, 1.807) is 6.33 Å². The Morgan fingerprint density at radius 2 is 1.58 bits per heavy atom. The molecule has 0 spiro atoms. The summed E-state index contributed by atoms with van der Waals surface area (Å²) in [4.78, 5) is 13.9. The minimum atomic E-state index is -0.169. The minimum Gasteiger partial charge on any atom is -0.494 e. The lowest BCUT2D eigenvalue weighted by Crippen LogP contribution is -2.13. The number of imidazole rings is 1. The van der Waals surface area contributed by atoms with E-state index in [0.717, 1.165) is 47.6 Å². The van der Waals surface area contributed by atoms with Gasteiger partial charge in [0, 0.05) is 5.56 Å². The van der Waals surface area contributed by atoms with Crippen molar-refractivity contribution in [2.75, 3.05) is 6.61 Å². The number of fused-ring (bicyclic) bond motifs is 1. The van der Waals surface area contributed by atoms with Crippen molar-refractivity contribution < 1.29 is 9.47 Å². The van der Waals surface area contributed by atoms with Gasteiger partial charge in [0.15, 0.2) is 11.2 Å². The molecule has 1 saturated carbocycles. The third-order valence-electron chi connectivity index (χ3n) is 7.33. The summed E-state index contributed by atoms with van der Waals surface area (Å²) < 4.78 is 14.2. The minimum absolute atomic E-state index is 0.169. The largest absolute Gasteiger partial charge is 0.494 e. The van der Waals surface area contributed by atoms with Crippen molar-refractivity contribution in [2.45, 2.75) is 126 Å². The molecule has 7 heteroatoms. The summed E-state index contributed by atoms with van der Waals surface area (Å²) in [7, 11) is 0. The second kappa shape index (κ2) is 20.1. The molecule has 6 nitrogen and oxygen atoms in total. The third-order valence-corrected chi connectivity index (χ3v) is 7.64. The molecule has 5 rings (SSSR count). The predicted octanol–water partition coefficient (Wildman–Crippen LogP) is 11.6. The van der Waals surface area contributed by atoms with Crippen LogP contribution in [0.4, 0.5) is 0 Å². The fourth-order valence-corrected chi connectivity index (χ4v) is 4.41. The first-order chi connectivity index (χ1) is 21.7. The van der Waals surface area contributed by atoms with Gasteiger partial charge in [-0.2, -0.15) is 4.98 Å². The molecule has 2 aromatic carbocycles. The highest BCUT2D eigenvalue weighted by atomic mass is 35.5. The Labute approximate surface area is 278 Å². The molecule has 2 aromatic heterocycles. The summed E-state index contributed by atoms with van der Waals surface area (Å²) in [6, 6.07) is 16.0. The molecule has 45 heavy (non-hydrogen) atoms. The number of halogens is 1. The van der Waals surface area contributed by atoms with E-state index in [2.05, 4.69) is 75.1 Å². The van der Waals surface area contributed by atoms with Crippen LogP contribution in [0.5, 0.6) is 11.6 Å². The van der Waals surface area contributed by atoms with Gasteiger partial charge in [-0.25, -0.2) is 9.97 Å². The van der Waals surface area contributed by atoms with Gasteiger partial charge in [0.1, 0.15) is 23.5 Å². The van der Waals surface area contributed by atoms with Crippen molar-refractivity contribution in [1.82, 2.24) is 19.5 Å². The van der Waals surface area contributed by atoms with E-state index in [9.17, 15) is 0 Å². The van der Waals surface area contributed by atoms with Crippen molar-refractivity contribution >= 4 is 22.8 Å². The first kappa shape index (κ1) is 38.1. The topological polar surface area (TPSA) is 62.1 Å². The number of ether oxygens (including phenoxy) is 2. The molecule has 0 radical (unpaired) electrons. The van der Waals surface area contributed by atoms with Crippen LogP contribution >= 0.6 is 11.6 Å². The summed E-state index contributed by atoms with van der Waals surface area (Å²) in [6.45, 7) is 20.5. The van der Waals surface area contributed by atoms with Gasteiger partial charge in [-0.3, -0.25) is 0 Å². The first-order valence-electron chi connectivity index (χ1n) is 17.1. The van der Waals surface area contributed by atoms with Crippen molar-refractivity contribution in [3.05, 3.63) is 65.4 Å². The third kappa shape index (κ3) is 12.3. The maximum atomic E-state index is 6.76. The van der Waals surface area contributed by atoms with E-state index in [0.29, 0.717) is 35.5 Å². The van der Waals surface area contributed by atoms with E-state index < -0.39 is 0 Å². The zero-order chi connectivity index (χ0) is 33.2. The van der Waals surface area contributed by atoms with Gasteiger partial charge in [0.25, 0.3) is 0 Å². The molecule has 1 aliphatic carbocycles. The Balaban J connectivity index is 0.000000560. The van der Waals surface area contributed by atoms with E-state index in [4.69, 9.17) is 26.1 Å². The van der Waals surface area contributed by atoms with E-state index in [1.165, 1.54) is 32.1 Å². The summed E-state index contributed by atoms with van der Waals surface area (Å²) >= 11 is 6.76. The Bertz CT molecular complexity index is 1380. The number of hydrogen-bond acceptors (Lipinski definition) is 5. The second-order valence-electron chi connectivity index (χ2n) is 11.9. The molecule has 4 aromatic rings. The van der Waals surface area contributed by atoms with Crippen LogP contribution in [0.25, 0.3) is 22.6 Å². The van der Waals surface area contributed by atoms with Gasteiger partial charge in [-0.1, -0.05) is 129 Å². The number of unbranched alkanes of at least 4 members (excludes halogenated alkanes) is 3. The molecule has 248 valence electrons. The highest BCUT2D eigenvalue weighted by Crippen LogP contribution is 2.41. The molecule has 0 unspecified atom stereocenters. The van der Waals surface area contributed by atoms with Gasteiger partial charge in [-0.15, -0.1) is 0 Å². The Hall–Kier alpha value is -3.12. The zero-order valence-electron chi connectivity index (χ0n) is 29.3. The highest BCUT2D eigenvalue weighted by Gasteiger charge is 2.41. The normalized spacial score (nSPS) is 12.7. The lowest BCUT2D eigenvalue weighted by atomic mass is 10.1. The van der Waals surface area contributed by atoms with Crippen molar-refractivity contribution in [2.24, 2.45) is 5.92 Å². The first-order valence-corrected chi connectivity index (χ1v) is 17.5.